The van der Waals surface area contributed by atoms with E-state index in [0.717, 1.165) is 0 Å². The molecular weight excluding hydrogens is 296 g/mol. The lowest BCUT2D eigenvalue weighted by Gasteiger charge is -2.13. The minimum Gasteiger partial charge on any atom is -0.497 e. The summed E-state index contributed by atoms with van der Waals surface area (Å²) in [5.41, 5.74) is 1.12. The van der Waals surface area contributed by atoms with Gasteiger partial charge in [0.15, 0.2) is 0 Å². The molecule has 23 heavy (non-hydrogen) atoms. The lowest BCUT2D eigenvalue weighted by atomic mass is 10.1. The molecule has 0 spiro atoms. The zero-order valence-electron chi connectivity index (χ0n) is 13.2. The van der Waals surface area contributed by atoms with Gasteiger partial charge in [0.25, 0.3) is 5.91 Å². The monoisotopic (exact) mass is 316 g/mol. The average Bonchev–Trinajstić information content (AvgIpc) is 2.60. The molecule has 0 saturated heterocycles. The fraction of sp³-hybridized carbons (Fsp3) is 0.294. The van der Waals surface area contributed by atoms with Gasteiger partial charge in [0.05, 0.1) is 25.4 Å². The highest BCUT2D eigenvalue weighted by Crippen LogP contribution is 2.17. The van der Waals surface area contributed by atoms with Crippen molar-refractivity contribution in [1.29, 1.82) is 0 Å². The summed E-state index contributed by atoms with van der Waals surface area (Å²) in [6, 6.07) is 10.3. The number of carbonyl (C=O) groups excluding carboxylic acids is 1. The second-order valence-corrected chi connectivity index (χ2v) is 4.82. The Morgan fingerprint density at radius 2 is 2.00 bits per heavy atom. The predicted molar refractivity (Wildman–Crippen MR) is 85.7 cm³/mol. The average molecular weight is 316 g/mol. The van der Waals surface area contributed by atoms with Crippen molar-refractivity contribution in [3.8, 4) is 11.6 Å². The highest BCUT2D eigenvalue weighted by Gasteiger charge is 2.11. The maximum absolute atomic E-state index is 12.0. The van der Waals surface area contributed by atoms with Crippen LogP contribution in [-0.2, 0) is 0 Å². The van der Waals surface area contributed by atoms with Crippen molar-refractivity contribution in [3.63, 3.8) is 0 Å². The van der Waals surface area contributed by atoms with Gasteiger partial charge in [-0.05, 0) is 30.7 Å². The van der Waals surface area contributed by atoms with E-state index in [1.165, 1.54) is 6.20 Å². The molecule has 6 heteroatoms. The van der Waals surface area contributed by atoms with E-state index >= 15 is 0 Å². The molecule has 1 amide bonds. The summed E-state index contributed by atoms with van der Waals surface area (Å²) in [7, 11) is 1.58. The third-order valence-electron chi connectivity index (χ3n) is 3.25. The molecule has 0 aliphatic rings. The van der Waals surface area contributed by atoms with Crippen LogP contribution in [-0.4, -0.2) is 36.3 Å². The van der Waals surface area contributed by atoms with E-state index in [1.807, 2.05) is 6.92 Å². The number of amides is 1. The van der Waals surface area contributed by atoms with Crippen molar-refractivity contribution >= 4 is 5.91 Å². The van der Waals surface area contributed by atoms with Crippen LogP contribution in [0.2, 0.25) is 0 Å². The summed E-state index contributed by atoms with van der Waals surface area (Å²) in [6.45, 7) is 2.49. The predicted octanol–water partition coefficient (Wildman–Crippen LogP) is 1.95. The van der Waals surface area contributed by atoms with Crippen LogP contribution >= 0.6 is 0 Å². The van der Waals surface area contributed by atoms with Gasteiger partial charge < -0.3 is 19.9 Å². The molecule has 2 rings (SSSR count). The largest absolute Gasteiger partial charge is 0.497 e. The first-order valence-electron chi connectivity index (χ1n) is 7.33. The van der Waals surface area contributed by atoms with Gasteiger partial charge in [-0.25, -0.2) is 4.98 Å². The first-order valence-corrected chi connectivity index (χ1v) is 7.33. The lowest BCUT2D eigenvalue weighted by molar-refractivity contribution is 0.0916. The summed E-state index contributed by atoms with van der Waals surface area (Å²) in [5.74, 6) is 0.890. The summed E-state index contributed by atoms with van der Waals surface area (Å²) in [6.07, 6.45) is 0.653. The second kappa shape index (κ2) is 8.14. The molecule has 6 nitrogen and oxygen atoms in total. The number of ether oxygens (including phenoxy) is 2. The highest BCUT2D eigenvalue weighted by molar-refractivity contribution is 5.93. The van der Waals surface area contributed by atoms with Crippen LogP contribution in [0, 0.1) is 0 Å². The fourth-order valence-electron chi connectivity index (χ4n) is 1.98. The van der Waals surface area contributed by atoms with E-state index in [4.69, 9.17) is 9.47 Å². The van der Waals surface area contributed by atoms with Crippen LogP contribution in [0.4, 0.5) is 0 Å². The van der Waals surface area contributed by atoms with Crippen molar-refractivity contribution in [2.24, 2.45) is 0 Å². The van der Waals surface area contributed by atoms with Gasteiger partial charge in [0.1, 0.15) is 5.75 Å². The number of methoxy groups -OCH3 is 1. The number of aromatic nitrogens is 1. The first-order chi connectivity index (χ1) is 11.1. The summed E-state index contributed by atoms with van der Waals surface area (Å²) < 4.78 is 10.3. The molecule has 0 bridgehead atoms. The van der Waals surface area contributed by atoms with Crippen LogP contribution in [0.1, 0.15) is 28.9 Å². The SMILES string of the molecule is CCOc1ccc(C(=O)NCC(O)c2ccc(OC)cc2)cn1. The maximum atomic E-state index is 12.0. The number of nitrogens with zero attached hydrogens (tertiary/aromatic N) is 1. The van der Waals surface area contributed by atoms with E-state index in [2.05, 4.69) is 10.3 Å². The van der Waals surface area contributed by atoms with E-state index in [1.54, 1.807) is 43.5 Å². The lowest BCUT2D eigenvalue weighted by Crippen LogP contribution is -2.28. The molecule has 2 N–H and O–H groups in total. The van der Waals surface area contributed by atoms with Crippen molar-refractivity contribution in [2.45, 2.75) is 13.0 Å². The molecule has 0 radical (unpaired) electrons. The number of nitrogens with one attached hydrogen (secondary N) is 1. The number of aliphatic hydroxyl groups excluding tert-OH is 1. The quantitative estimate of drug-likeness (QED) is 0.816. The van der Waals surface area contributed by atoms with Crippen molar-refractivity contribution in [1.82, 2.24) is 10.3 Å². The van der Waals surface area contributed by atoms with Gasteiger partial charge in [-0.2, -0.15) is 0 Å². The Hall–Kier alpha value is -2.60. The van der Waals surface area contributed by atoms with E-state index in [-0.39, 0.29) is 12.5 Å². The third kappa shape index (κ3) is 4.69. The standard InChI is InChI=1S/C17H20N2O4/c1-3-23-16-9-6-13(10-18-16)17(21)19-11-15(20)12-4-7-14(22-2)8-5-12/h4-10,15,20H,3,11H2,1-2H3,(H,19,21). The molecule has 0 aliphatic carbocycles. The molecular formula is C17H20N2O4. The molecule has 2 aromatic rings. The van der Waals surface area contributed by atoms with Crippen LogP contribution in [0.5, 0.6) is 11.6 Å². The maximum Gasteiger partial charge on any atom is 0.252 e. The smallest absolute Gasteiger partial charge is 0.252 e. The Bertz CT molecular complexity index is 626. The van der Waals surface area contributed by atoms with Gasteiger partial charge in [0.2, 0.25) is 5.88 Å². The Morgan fingerprint density at radius 3 is 2.57 bits per heavy atom. The van der Waals surface area contributed by atoms with Crippen molar-refractivity contribution < 1.29 is 19.4 Å². The first kappa shape index (κ1) is 16.8. The molecule has 0 saturated carbocycles. The highest BCUT2D eigenvalue weighted by atomic mass is 16.5. The molecule has 1 atom stereocenters. The van der Waals surface area contributed by atoms with Gasteiger partial charge in [-0.3, -0.25) is 4.79 Å². The molecule has 1 unspecified atom stereocenters. The molecule has 122 valence electrons. The minimum absolute atomic E-state index is 0.109. The van der Waals surface area contributed by atoms with Crippen LogP contribution in [0.3, 0.4) is 0 Å². The Balaban J connectivity index is 1.89. The van der Waals surface area contributed by atoms with Gasteiger partial charge in [-0.15, -0.1) is 0 Å². The van der Waals surface area contributed by atoms with Gasteiger partial charge in [-0.1, -0.05) is 12.1 Å². The van der Waals surface area contributed by atoms with Crippen molar-refractivity contribution in [2.75, 3.05) is 20.3 Å². The third-order valence-corrected chi connectivity index (χ3v) is 3.25. The number of hydrogen-bond acceptors (Lipinski definition) is 5. The molecule has 1 aromatic heterocycles. The number of pyridine rings is 1. The van der Waals surface area contributed by atoms with Crippen LogP contribution < -0.4 is 14.8 Å². The molecule has 0 aliphatic heterocycles. The van der Waals surface area contributed by atoms with Crippen LogP contribution in [0.25, 0.3) is 0 Å². The minimum atomic E-state index is -0.791. The summed E-state index contributed by atoms with van der Waals surface area (Å²) in [5, 5.41) is 12.8. The number of hydrogen-bond donors (Lipinski definition) is 2. The van der Waals surface area contributed by atoms with Gasteiger partial charge >= 0.3 is 0 Å². The molecule has 1 aromatic carbocycles. The normalized spacial score (nSPS) is 11.6. The topological polar surface area (TPSA) is 80.7 Å². The summed E-state index contributed by atoms with van der Waals surface area (Å²) >= 11 is 0. The number of benzene rings is 1. The molecule has 1 heterocycles. The van der Waals surface area contributed by atoms with Crippen LogP contribution in [0.15, 0.2) is 42.6 Å². The van der Waals surface area contributed by atoms with Crippen molar-refractivity contribution in [3.05, 3.63) is 53.7 Å². The summed E-state index contributed by atoms with van der Waals surface area (Å²) in [4.78, 5) is 16.1. The second-order valence-electron chi connectivity index (χ2n) is 4.82. The molecule has 0 fully saturated rings. The van der Waals surface area contributed by atoms with E-state index < -0.39 is 6.10 Å². The number of rotatable bonds is 7. The Labute approximate surface area is 135 Å². The van der Waals surface area contributed by atoms with Gasteiger partial charge in [0, 0.05) is 18.8 Å². The number of carbonyl (C=O) groups is 1. The zero-order valence-corrected chi connectivity index (χ0v) is 13.2. The number of aliphatic hydroxyl groups is 1. The zero-order chi connectivity index (χ0) is 16.7. The Kier molecular flexibility index (Phi) is 5.94. The van der Waals surface area contributed by atoms with E-state index in [9.17, 15) is 9.90 Å². The fourth-order valence-corrected chi connectivity index (χ4v) is 1.98. The Morgan fingerprint density at radius 1 is 1.26 bits per heavy atom. The van der Waals surface area contributed by atoms with E-state index in [0.29, 0.717) is 29.4 Å².